The lowest BCUT2D eigenvalue weighted by Crippen LogP contribution is -2.14. The summed E-state index contributed by atoms with van der Waals surface area (Å²) >= 11 is 0. The van der Waals surface area contributed by atoms with Crippen molar-refractivity contribution in [2.75, 3.05) is 0 Å². The average molecular weight is 202 g/mol. The zero-order valence-corrected chi connectivity index (χ0v) is 7.79. The molecular formula is C6H10N4O2S. The molecule has 2 N–H and O–H groups in total. The maximum absolute atomic E-state index is 10.9. The molecule has 0 saturated carbocycles. The fourth-order valence-electron chi connectivity index (χ4n) is 1.38. The topological polar surface area (TPSA) is 90.9 Å². The lowest BCUT2D eigenvalue weighted by molar-refractivity contribution is 0.475. The lowest BCUT2D eigenvalue weighted by Gasteiger charge is -2.09. The second kappa shape index (κ2) is 2.78. The van der Waals surface area contributed by atoms with Crippen molar-refractivity contribution in [3.63, 3.8) is 0 Å². The molecule has 0 aromatic carbocycles. The molecule has 1 aliphatic rings. The van der Waals surface area contributed by atoms with E-state index in [2.05, 4.69) is 10.1 Å². The van der Waals surface area contributed by atoms with Crippen molar-refractivity contribution in [3.8, 4) is 0 Å². The van der Waals surface area contributed by atoms with Gasteiger partial charge in [-0.25, -0.2) is 23.2 Å². The van der Waals surface area contributed by atoms with Crippen molar-refractivity contribution in [2.45, 2.75) is 31.0 Å². The van der Waals surface area contributed by atoms with Crippen LogP contribution in [0, 0.1) is 0 Å². The van der Waals surface area contributed by atoms with Crippen molar-refractivity contribution < 1.29 is 8.42 Å². The minimum absolute atomic E-state index is 0.260. The summed E-state index contributed by atoms with van der Waals surface area (Å²) in [5, 5.41) is 8.46. The van der Waals surface area contributed by atoms with E-state index in [-0.39, 0.29) is 5.16 Å². The molecule has 0 fully saturated rings. The van der Waals surface area contributed by atoms with Crippen molar-refractivity contribution in [2.24, 2.45) is 5.14 Å². The Morgan fingerprint density at radius 1 is 1.38 bits per heavy atom. The predicted molar refractivity (Wildman–Crippen MR) is 44.3 cm³/mol. The van der Waals surface area contributed by atoms with Gasteiger partial charge < -0.3 is 0 Å². The van der Waals surface area contributed by atoms with Gasteiger partial charge in [-0.3, -0.25) is 0 Å². The summed E-state index contributed by atoms with van der Waals surface area (Å²) in [7, 11) is -3.74. The van der Waals surface area contributed by atoms with E-state index < -0.39 is 10.0 Å². The van der Waals surface area contributed by atoms with Crippen LogP contribution >= 0.6 is 0 Å². The van der Waals surface area contributed by atoms with Crippen molar-refractivity contribution >= 4 is 10.0 Å². The highest BCUT2D eigenvalue weighted by Crippen LogP contribution is 2.13. The molecule has 0 bridgehead atoms. The number of sulfonamides is 1. The van der Waals surface area contributed by atoms with Crippen LogP contribution < -0.4 is 5.14 Å². The Morgan fingerprint density at radius 3 is 2.77 bits per heavy atom. The molecule has 0 spiro atoms. The number of hydrogen-bond donors (Lipinski definition) is 1. The highest BCUT2D eigenvalue weighted by atomic mass is 32.2. The Kier molecular flexibility index (Phi) is 1.85. The Hall–Kier alpha value is -0.950. The van der Waals surface area contributed by atoms with E-state index in [1.165, 1.54) is 0 Å². The van der Waals surface area contributed by atoms with Gasteiger partial charge in [-0.1, -0.05) is 0 Å². The molecule has 72 valence electrons. The fraction of sp³-hybridized carbons (Fsp3) is 0.667. The van der Waals surface area contributed by atoms with E-state index in [1.54, 1.807) is 4.68 Å². The SMILES string of the molecule is NS(=O)(=O)c1nc2n(n1)CCCC2. The van der Waals surface area contributed by atoms with Gasteiger partial charge in [0.25, 0.3) is 15.2 Å². The molecule has 0 unspecified atom stereocenters. The lowest BCUT2D eigenvalue weighted by atomic mass is 10.2. The monoisotopic (exact) mass is 202 g/mol. The molecule has 1 aromatic heterocycles. The van der Waals surface area contributed by atoms with Crippen LogP contribution in [-0.2, 0) is 23.0 Å². The third-order valence-electron chi connectivity index (χ3n) is 2.00. The van der Waals surface area contributed by atoms with Crippen LogP contribution in [0.3, 0.4) is 0 Å². The van der Waals surface area contributed by atoms with Gasteiger partial charge >= 0.3 is 0 Å². The van der Waals surface area contributed by atoms with E-state index in [4.69, 9.17) is 5.14 Å². The van der Waals surface area contributed by atoms with E-state index in [1.807, 2.05) is 0 Å². The number of aromatic nitrogens is 3. The predicted octanol–water partition coefficient (Wildman–Crippen LogP) is -0.738. The van der Waals surface area contributed by atoms with Crippen LogP contribution in [0.1, 0.15) is 18.7 Å². The first-order valence-electron chi connectivity index (χ1n) is 4.04. The average Bonchev–Trinajstić information content (AvgIpc) is 2.45. The Labute approximate surface area is 75.8 Å². The summed E-state index contributed by atoms with van der Waals surface area (Å²) in [6.07, 6.45) is 2.83. The first-order valence-corrected chi connectivity index (χ1v) is 5.58. The van der Waals surface area contributed by atoms with Gasteiger partial charge in [0.05, 0.1) is 0 Å². The largest absolute Gasteiger partial charge is 0.282 e. The zero-order valence-electron chi connectivity index (χ0n) is 6.97. The molecule has 2 rings (SSSR count). The quantitative estimate of drug-likeness (QED) is 0.649. The fourth-order valence-corrected chi connectivity index (χ4v) is 1.83. The van der Waals surface area contributed by atoms with Crippen LogP contribution in [0.25, 0.3) is 0 Å². The van der Waals surface area contributed by atoms with Gasteiger partial charge in [0, 0.05) is 13.0 Å². The summed E-state index contributed by atoms with van der Waals surface area (Å²) in [6, 6.07) is 0. The molecule has 1 aliphatic heterocycles. The first kappa shape index (κ1) is 8.64. The van der Waals surface area contributed by atoms with Crippen LogP contribution in [0.4, 0.5) is 0 Å². The number of primary sulfonamides is 1. The number of nitrogens with two attached hydrogens (primary N) is 1. The molecule has 1 aromatic rings. The highest BCUT2D eigenvalue weighted by molar-refractivity contribution is 7.89. The number of hydrogen-bond acceptors (Lipinski definition) is 4. The van der Waals surface area contributed by atoms with Gasteiger partial charge in [-0.15, -0.1) is 5.10 Å². The summed E-state index contributed by atoms with van der Waals surface area (Å²) < 4.78 is 23.4. The van der Waals surface area contributed by atoms with Crippen LogP contribution in [-0.4, -0.2) is 23.2 Å². The zero-order chi connectivity index (χ0) is 9.47. The molecule has 0 radical (unpaired) electrons. The van der Waals surface area contributed by atoms with Crippen molar-refractivity contribution in [1.29, 1.82) is 0 Å². The third kappa shape index (κ3) is 1.56. The standard InChI is InChI=1S/C6H10N4O2S/c7-13(11,12)6-8-5-3-1-2-4-10(5)9-6/h1-4H2,(H2,7,11,12). The number of fused-ring (bicyclic) bond motifs is 1. The number of aryl methyl sites for hydroxylation is 2. The summed E-state index contributed by atoms with van der Waals surface area (Å²) in [5.74, 6) is 0.718. The van der Waals surface area contributed by atoms with Crippen LogP contribution in [0.5, 0.6) is 0 Å². The van der Waals surface area contributed by atoms with E-state index >= 15 is 0 Å². The second-order valence-corrected chi connectivity index (χ2v) is 4.49. The maximum atomic E-state index is 10.9. The minimum Gasteiger partial charge on any atom is -0.249 e. The van der Waals surface area contributed by atoms with Crippen LogP contribution in [0.2, 0.25) is 0 Å². The summed E-state index contributed by atoms with van der Waals surface area (Å²) in [6.45, 7) is 0.734. The molecular weight excluding hydrogens is 192 g/mol. The Bertz CT molecular complexity index is 398. The van der Waals surface area contributed by atoms with Crippen LogP contribution in [0.15, 0.2) is 5.16 Å². The molecule has 0 amide bonds. The molecule has 6 nitrogen and oxygen atoms in total. The summed E-state index contributed by atoms with van der Waals surface area (Å²) in [4.78, 5) is 3.86. The first-order chi connectivity index (χ1) is 6.07. The second-order valence-electron chi connectivity index (χ2n) is 3.04. The van der Waals surface area contributed by atoms with E-state index in [0.717, 1.165) is 31.6 Å². The summed E-state index contributed by atoms with van der Waals surface area (Å²) in [5.41, 5.74) is 0. The Morgan fingerprint density at radius 2 is 2.15 bits per heavy atom. The third-order valence-corrected chi connectivity index (χ3v) is 2.69. The molecule has 13 heavy (non-hydrogen) atoms. The van der Waals surface area contributed by atoms with Gasteiger partial charge in [0.2, 0.25) is 0 Å². The molecule has 0 atom stereocenters. The van der Waals surface area contributed by atoms with E-state index in [9.17, 15) is 8.42 Å². The van der Waals surface area contributed by atoms with Crippen molar-refractivity contribution in [3.05, 3.63) is 5.82 Å². The molecule has 0 aliphatic carbocycles. The number of rotatable bonds is 1. The molecule has 0 saturated heterocycles. The van der Waals surface area contributed by atoms with Gasteiger partial charge in [0.15, 0.2) is 0 Å². The van der Waals surface area contributed by atoms with Gasteiger partial charge in [0.1, 0.15) is 5.82 Å². The number of nitrogens with zero attached hydrogens (tertiary/aromatic N) is 3. The normalized spacial score (nSPS) is 17.0. The minimum atomic E-state index is -3.74. The Balaban J connectivity index is 2.47. The molecule has 2 heterocycles. The maximum Gasteiger partial charge on any atom is 0.282 e. The smallest absolute Gasteiger partial charge is 0.249 e. The highest BCUT2D eigenvalue weighted by Gasteiger charge is 2.19. The van der Waals surface area contributed by atoms with Crippen molar-refractivity contribution in [1.82, 2.24) is 14.8 Å². The van der Waals surface area contributed by atoms with E-state index in [0.29, 0.717) is 0 Å². The van der Waals surface area contributed by atoms with Gasteiger partial charge in [-0.2, -0.15) is 0 Å². The molecule has 7 heteroatoms. The van der Waals surface area contributed by atoms with Gasteiger partial charge in [-0.05, 0) is 12.8 Å².